The van der Waals surface area contributed by atoms with Gasteiger partial charge in [0.25, 0.3) is 10.0 Å². The summed E-state index contributed by atoms with van der Waals surface area (Å²) < 4.78 is 29.3. The zero-order valence-corrected chi connectivity index (χ0v) is 18.2. The Morgan fingerprint density at radius 1 is 0.724 bits per heavy atom. The molecule has 0 radical (unpaired) electrons. The Morgan fingerprint density at radius 2 is 1.21 bits per heavy atom. The smallest absolute Gasteiger partial charge is 0.284 e. The Morgan fingerprint density at radius 3 is 1.72 bits per heavy atom. The molecule has 0 fully saturated rings. The monoisotopic (exact) mass is 486 g/mol. The van der Waals surface area contributed by atoms with Crippen molar-refractivity contribution in [2.24, 2.45) is 9.39 Å². The van der Waals surface area contributed by atoms with Gasteiger partial charge in [-0.1, -0.05) is 94.9 Å². The summed E-state index contributed by atoms with van der Waals surface area (Å²) in [7, 11) is -4.10. The van der Waals surface area contributed by atoms with Gasteiger partial charge in [-0.15, -0.1) is 4.40 Å². The average molecular weight is 488 g/mol. The van der Waals surface area contributed by atoms with Gasteiger partial charge in [0.1, 0.15) is 15.8 Å². The maximum Gasteiger partial charge on any atom is 0.284 e. The average Bonchev–Trinajstić information content (AvgIpc) is 2.74. The molecule has 2 aromatic carbocycles. The largest absolute Gasteiger partial charge is 0.286 e. The van der Waals surface area contributed by atoms with E-state index in [0.29, 0.717) is 5.56 Å². The fraction of sp³-hybridized carbons (Fsp3) is 0. The Hall–Kier alpha value is -1.96. The molecule has 0 amide bonds. The minimum Gasteiger partial charge on any atom is -0.286 e. The van der Waals surface area contributed by atoms with Gasteiger partial charge in [0.05, 0.1) is 15.0 Å². The number of nitrogens with zero attached hydrogens (tertiary/aromatic N) is 2. The lowest BCUT2D eigenvalue weighted by Crippen LogP contribution is -2.17. The van der Waals surface area contributed by atoms with Crippen LogP contribution in [0.3, 0.4) is 0 Å². The number of hydrogen-bond donors (Lipinski definition) is 0. The van der Waals surface area contributed by atoms with E-state index in [4.69, 9.17) is 46.4 Å². The predicted octanol–water partition coefficient (Wildman–Crippen LogP) is 5.22. The highest BCUT2D eigenvalue weighted by atomic mass is 35.5. The molecule has 1 aliphatic carbocycles. The van der Waals surface area contributed by atoms with Gasteiger partial charge in [-0.25, -0.2) is 4.99 Å². The molecule has 0 N–H and O–H groups in total. The number of carbonyl (C=O) groups excluding carboxylic acids is 1. The Labute approximate surface area is 187 Å². The van der Waals surface area contributed by atoms with E-state index < -0.39 is 15.8 Å². The fourth-order valence-electron chi connectivity index (χ4n) is 2.29. The first-order valence-electron chi connectivity index (χ1n) is 7.92. The van der Waals surface area contributed by atoms with Crippen LogP contribution in [-0.2, 0) is 14.8 Å². The third kappa shape index (κ3) is 4.63. The van der Waals surface area contributed by atoms with Crippen LogP contribution in [0.4, 0.5) is 0 Å². The van der Waals surface area contributed by atoms with E-state index in [1.54, 1.807) is 48.5 Å². The van der Waals surface area contributed by atoms with Gasteiger partial charge in [-0.3, -0.25) is 4.79 Å². The lowest BCUT2D eigenvalue weighted by molar-refractivity contribution is -0.111. The molecule has 0 saturated heterocycles. The summed E-state index contributed by atoms with van der Waals surface area (Å²) in [6.45, 7) is 0. The Bertz CT molecular complexity index is 1170. The van der Waals surface area contributed by atoms with Crippen molar-refractivity contribution in [1.29, 1.82) is 0 Å². The van der Waals surface area contributed by atoms with E-state index in [0.717, 1.165) is 0 Å². The van der Waals surface area contributed by atoms with Gasteiger partial charge >= 0.3 is 0 Å². The zero-order valence-electron chi connectivity index (χ0n) is 14.3. The van der Waals surface area contributed by atoms with Crippen LogP contribution in [0.1, 0.15) is 5.56 Å². The molecule has 29 heavy (non-hydrogen) atoms. The molecule has 0 aliphatic heterocycles. The number of sulfonamides is 1. The van der Waals surface area contributed by atoms with Crippen LogP contribution >= 0.6 is 46.4 Å². The van der Waals surface area contributed by atoms with Crippen LogP contribution in [0.25, 0.3) is 0 Å². The number of carbonyl (C=O) groups is 1. The minimum absolute atomic E-state index is 0.0215. The normalized spacial score (nSPS) is 15.8. The molecule has 5 nitrogen and oxygen atoms in total. The Kier molecular flexibility index (Phi) is 6.61. The van der Waals surface area contributed by atoms with Gasteiger partial charge in [0.15, 0.2) is 5.84 Å². The molecule has 2 aromatic rings. The second kappa shape index (κ2) is 8.81. The molecule has 0 heterocycles. The first-order valence-corrected chi connectivity index (χ1v) is 10.9. The summed E-state index contributed by atoms with van der Waals surface area (Å²) in [4.78, 5) is 16.1. The van der Waals surface area contributed by atoms with E-state index in [2.05, 4.69) is 9.39 Å². The van der Waals surface area contributed by atoms with Crippen LogP contribution in [0.5, 0.6) is 0 Å². The second-order valence-corrected chi connectivity index (χ2v) is 8.73. The van der Waals surface area contributed by atoms with Crippen LogP contribution in [0, 0.1) is 0 Å². The Balaban J connectivity index is 2.24. The number of ketones is 1. The number of benzene rings is 2. The highest BCUT2D eigenvalue weighted by molar-refractivity contribution is 7.90. The third-order valence-corrected chi connectivity index (χ3v) is 6.63. The lowest BCUT2D eigenvalue weighted by Gasteiger charge is -2.14. The number of Topliss-reactive ketones (excluding diaryl/α,β-unsaturated/α-hetero) is 1. The molecule has 0 atom stereocenters. The van der Waals surface area contributed by atoms with Crippen molar-refractivity contribution in [2.75, 3.05) is 0 Å². The van der Waals surface area contributed by atoms with Crippen molar-refractivity contribution in [1.82, 2.24) is 0 Å². The van der Waals surface area contributed by atoms with E-state index in [9.17, 15) is 13.2 Å². The summed E-state index contributed by atoms with van der Waals surface area (Å²) in [6, 6.07) is 15.9. The molecule has 0 spiro atoms. The molecule has 0 bridgehead atoms. The maximum atomic E-state index is 12.7. The minimum atomic E-state index is -4.10. The predicted molar refractivity (Wildman–Crippen MR) is 117 cm³/mol. The zero-order chi connectivity index (χ0) is 21.2. The van der Waals surface area contributed by atoms with E-state index in [1.807, 2.05) is 0 Å². The molecule has 3 rings (SSSR count). The third-order valence-electron chi connectivity index (χ3n) is 3.70. The summed E-state index contributed by atoms with van der Waals surface area (Å²) in [5, 5.41) is -1.27. The number of halogens is 4. The number of allylic oxidation sites excluding steroid dienone is 4. The molecule has 0 saturated carbocycles. The topological polar surface area (TPSA) is 75.9 Å². The highest BCUT2D eigenvalue weighted by Crippen LogP contribution is 2.34. The number of hydrogen-bond acceptors (Lipinski definition) is 3. The molecular formula is C19H10Cl4N2O3S. The van der Waals surface area contributed by atoms with Crippen molar-refractivity contribution in [3.63, 3.8) is 0 Å². The van der Waals surface area contributed by atoms with Crippen LogP contribution in [0.2, 0.25) is 0 Å². The standard InChI is InChI=1S/C19H10Cl4N2O3S/c20-13-15(22)18(26)16(23)14(21)17(13)24-19(11-7-3-1-4-8-11)25-29(27,28)12-9-5-2-6-10-12/h1-10H/b25-19+. The van der Waals surface area contributed by atoms with Gasteiger partial charge in [-0.2, -0.15) is 8.42 Å². The number of aliphatic imine (C=N–C) groups is 1. The van der Waals surface area contributed by atoms with Gasteiger partial charge in [0, 0.05) is 5.56 Å². The van der Waals surface area contributed by atoms with E-state index >= 15 is 0 Å². The number of rotatable bonds is 3. The molecular weight excluding hydrogens is 478 g/mol. The molecule has 1 aliphatic rings. The van der Waals surface area contributed by atoms with Crippen molar-refractivity contribution in [2.45, 2.75) is 4.90 Å². The number of amidine groups is 1. The van der Waals surface area contributed by atoms with Crippen molar-refractivity contribution in [3.05, 3.63) is 86.4 Å². The highest BCUT2D eigenvalue weighted by Gasteiger charge is 2.30. The SMILES string of the molecule is O=C1C(Cl)=C(Cl)C(=N/C(=N/S(=O)(=O)c2ccccc2)c2ccccc2)C(Cl)=C1Cl. The molecule has 0 aromatic heterocycles. The molecule has 0 unspecified atom stereocenters. The van der Waals surface area contributed by atoms with Crippen LogP contribution in [-0.4, -0.2) is 25.7 Å². The van der Waals surface area contributed by atoms with Crippen LogP contribution < -0.4 is 0 Å². The van der Waals surface area contributed by atoms with E-state index in [1.165, 1.54) is 12.1 Å². The van der Waals surface area contributed by atoms with E-state index in [-0.39, 0.29) is 36.6 Å². The summed E-state index contributed by atoms with van der Waals surface area (Å²) >= 11 is 24.1. The quantitative estimate of drug-likeness (QED) is 0.338. The lowest BCUT2D eigenvalue weighted by atomic mass is 10.1. The maximum absolute atomic E-state index is 12.7. The summed E-state index contributed by atoms with van der Waals surface area (Å²) in [5.74, 6) is -0.957. The first kappa shape index (κ1) is 21.7. The summed E-state index contributed by atoms with van der Waals surface area (Å²) in [6.07, 6.45) is 0. The van der Waals surface area contributed by atoms with Crippen LogP contribution in [0.15, 0.2) is 95.1 Å². The fourth-order valence-corrected chi connectivity index (χ4v) is 4.18. The van der Waals surface area contributed by atoms with Gasteiger partial charge in [0.2, 0.25) is 5.78 Å². The molecule has 148 valence electrons. The molecule has 10 heteroatoms. The second-order valence-electron chi connectivity index (χ2n) is 5.61. The van der Waals surface area contributed by atoms with Crippen molar-refractivity contribution >= 4 is 73.8 Å². The van der Waals surface area contributed by atoms with Gasteiger partial charge in [-0.05, 0) is 12.1 Å². The van der Waals surface area contributed by atoms with Crippen molar-refractivity contribution in [3.8, 4) is 0 Å². The van der Waals surface area contributed by atoms with Crippen molar-refractivity contribution < 1.29 is 13.2 Å². The first-order chi connectivity index (χ1) is 13.7. The summed E-state index contributed by atoms with van der Waals surface area (Å²) in [5.41, 5.74) is 0.214. The van der Waals surface area contributed by atoms with Gasteiger partial charge < -0.3 is 0 Å².